The quantitative estimate of drug-likeness (QED) is 0.565. The van der Waals surface area contributed by atoms with Crippen molar-refractivity contribution in [2.24, 2.45) is 10.8 Å². The van der Waals surface area contributed by atoms with E-state index in [9.17, 15) is 9.18 Å². The fourth-order valence-electron chi connectivity index (χ4n) is 4.74. The molecule has 0 saturated carbocycles. The Morgan fingerprint density at radius 2 is 2.06 bits per heavy atom. The first-order valence-corrected chi connectivity index (χ1v) is 11.3. The molecule has 0 bridgehead atoms. The number of amidine groups is 1. The van der Waals surface area contributed by atoms with Crippen LogP contribution in [-0.4, -0.2) is 34.3 Å². The van der Waals surface area contributed by atoms with E-state index in [1.165, 1.54) is 23.8 Å². The number of hydrogen-bond acceptors (Lipinski definition) is 5. The molecule has 2 aliphatic rings. The predicted octanol–water partition coefficient (Wildman–Crippen LogP) is 4.02. The highest BCUT2D eigenvalue weighted by Crippen LogP contribution is 2.35. The molecule has 0 radical (unpaired) electrons. The van der Waals surface area contributed by atoms with E-state index in [4.69, 9.17) is 10.5 Å². The average Bonchev–Trinajstić information content (AvgIpc) is 3.25. The smallest absolute Gasteiger partial charge is 0.245 e. The van der Waals surface area contributed by atoms with E-state index in [0.717, 1.165) is 36.3 Å². The van der Waals surface area contributed by atoms with Crippen molar-refractivity contribution in [2.45, 2.75) is 25.3 Å². The molecule has 2 aromatic carbocycles. The Balaban J connectivity index is 1.46. The van der Waals surface area contributed by atoms with E-state index in [2.05, 4.69) is 23.3 Å². The maximum absolute atomic E-state index is 13.5. The van der Waals surface area contributed by atoms with Gasteiger partial charge in [0.2, 0.25) is 5.91 Å². The third kappa shape index (κ3) is 4.14. The van der Waals surface area contributed by atoms with Gasteiger partial charge in [0.25, 0.3) is 0 Å². The average molecular weight is 460 g/mol. The molecule has 0 unspecified atom stereocenters. The van der Waals surface area contributed by atoms with Gasteiger partial charge in [-0.2, -0.15) is 5.10 Å². The summed E-state index contributed by atoms with van der Waals surface area (Å²) in [7, 11) is 0. The third-order valence-electron chi connectivity index (χ3n) is 6.34. The number of carbonyl (C=O) groups is 1. The highest BCUT2D eigenvalue weighted by atomic mass is 19.1. The molecule has 2 aliphatic heterocycles. The fourth-order valence-corrected chi connectivity index (χ4v) is 4.74. The lowest BCUT2D eigenvalue weighted by Crippen LogP contribution is -2.38. The number of fused-ring (bicyclic) bond motifs is 1. The Morgan fingerprint density at radius 1 is 1.24 bits per heavy atom. The molecule has 0 spiro atoms. The van der Waals surface area contributed by atoms with Crippen LogP contribution in [-0.2, 0) is 11.3 Å². The number of ether oxygens (including phenoxy) is 1. The van der Waals surface area contributed by atoms with Gasteiger partial charge in [0.15, 0.2) is 5.84 Å². The summed E-state index contributed by atoms with van der Waals surface area (Å²) in [5, 5.41) is 4.24. The monoisotopic (exact) mass is 459 g/mol. The molecule has 3 aromatic rings. The maximum atomic E-state index is 13.5. The van der Waals surface area contributed by atoms with Gasteiger partial charge in [0.05, 0.1) is 12.2 Å². The summed E-state index contributed by atoms with van der Waals surface area (Å²) < 4.78 is 21.3. The number of aromatic nitrogens is 1. The molecule has 1 aromatic heterocycles. The number of nitrogens with two attached hydrogens (primary N) is 1. The van der Waals surface area contributed by atoms with E-state index in [1.54, 1.807) is 12.1 Å². The molecule has 3 heterocycles. The number of likely N-dealkylation sites (tertiary alicyclic amines) is 1. The van der Waals surface area contributed by atoms with Crippen LogP contribution >= 0.6 is 0 Å². The number of benzene rings is 2. The first-order valence-electron chi connectivity index (χ1n) is 11.3. The number of amides is 1. The van der Waals surface area contributed by atoms with Gasteiger partial charge in [0.1, 0.15) is 17.3 Å². The number of hydrogen-bond donors (Lipinski definition) is 2. The fraction of sp³-hybridized carbons (Fsp3) is 0.231. The lowest BCUT2D eigenvalue weighted by molar-refractivity contribution is -0.127. The number of nitrogens with one attached hydrogen (secondary N) is 1. The van der Waals surface area contributed by atoms with Crippen molar-refractivity contribution in [2.75, 3.05) is 13.1 Å². The van der Waals surface area contributed by atoms with Crippen molar-refractivity contribution in [1.82, 2.24) is 14.9 Å². The molecular weight excluding hydrogens is 433 g/mol. The van der Waals surface area contributed by atoms with Crippen molar-refractivity contribution >= 4 is 11.7 Å². The number of hydrazone groups is 1. The zero-order chi connectivity index (χ0) is 23.7. The van der Waals surface area contributed by atoms with E-state index >= 15 is 0 Å². The summed E-state index contributed by atoms with van der Waals surface area (Å²) in [4.78, 5) is 14.1. The van der Waals surface area contributed by atoms with Gasteiger partial charge in [-0.1, -0.05) is 12.6 Å². The summed E-state index contributed by atoms with van der Waals surface area (Å²) in [6.07, 6.45) is 5.42. The van der Waals surface area contributed by atoms with Crippen molar-refractivity contribution in [3.8, 4) is 17.2 Å². The summed E-state index contributed by atoms with van der Waals surface area (Å²) in [5.74, 6) is 1.28. The SMILES string of the molecule is C=CC(=O)N1CCC[C@@H](c2cn(-c3ccc(Oc4cccc(F)c4)cc3)c3c2CNN=C3N)C1. The summed E-state index contributed by atoms with van der Waals surface area (Å²) >= 11 is 0. The molecular formula is C26H26FN5O2. The number of nitrogens with zero attached hydrogens (tertiary/aromatic N) is 3. The van der Waals surface area contributed by atoms with Gasteiger partial charge in [-0.25, -0.2) is 4.39 Å². The van der Waals surface area contributed by atoms with Crippen LogP contribution in [0.5, 0.6) is 11.5 Å². The first-order chi connectivity index (χ1) is 16.5. The minimum atomic E-state index is -0.347. The Morgan fingerprint density at radius 3 is 2.82 bits per heavy atom. The first kappa shape index (κ1) is 21.8. The summed E-state index contributed by atoms with van der Waals surface area (Å²) in [6, 6.07) is 13.6. The van der Waals surface area contributed by atoms with Gasteiger partial charge >= 0.3 is 0 Å². The highest BCUT2D eigenvalue weighted by molar-refractivity contribution is 5.99. The number of halogens is 1. The maximum Gasteiger partial charge on any atom is 0.245 e. The Bertz CT molecular complexity index is 1260. The molecule has 3 N–H and O–H groups in total. The zero-order valence-electron chi connectivity index (χ0n) is 18.7. The molecule has 5 rings (SSSR count). The lowest BCUT2D eigenvalue weighted by atomic mass is 9.89. The van der Waals surface area contributed by atoms with Crippen LogP contribution in [0.2, 0.25) is 0 Å². The van der Waals surface area contributed by atoms with Crippen LogP contribution in [0.15, 0.2) is 72.5 Å². The van der Waals surface area contributed by atoms with E-state index in [1.807, 2.05) is 33.7 Å². The van der Waals surface area contributed by atoms with Crippen LogP contribution < -0.4 is 15.9 Å². The third-order valence-corrected chi connectivity index (χ3v) is 6.34. The molecule has 0 aliphatic carbocycles. The lowest BCUT2D eigenvalue weighted by Gasteiger charge is -2.32. The second-order valence-electron chi connectivity index (χ2n) is 8.49. The van der Waals surface area contributed by atoms with Crippen LogP contribution in [0.4, 0.5) is 4.39 Å². The molecule has 1 amide bonds. The van der Waals surface area contributed by atoms with Gasteiger partial charge < -0.3 is 25.4 Å². The number of carbonyl (C=O) groups excluding carboxylic acids is 1. The molecule has 1 atom stereocenters. The predicted molar refractivity (Wildman–Crippen MR) is 129 cm³/mol. The molecule has 7 nitrogen and oxygen atoms in total. The van der Waals surface area contributed by atoms with E-state index in [0.29, 0.717) is 30.4 Å². The Labute approximate surface area is 197 Å². The van der Waals surface area contributed by atoms with Crippen molar-refractivity contribution in [3.63, 3.8) is 0 Å². The molecule has 1 saturated heterocycles. The topological polar surface area (TPSA) is 84.9 Å². The van der Waals surface area contributed by atoms with Gasteiger partial charge in [-0.3, -0.25) is 4.79 Å². The van der Waals surface area contributed by atoms with Crippen LogP contribution in [0, 0.1) is 5.82 Å². The van der Waals surface area contributed by atoms with Crippen molar-refractivity contribution < 1.29 is 13.9 Å². The van der Waals surface area contributed by atoms with Crippen LogP contribution in [0.25, 0.3) is 5.69 Å². The molecule has 1 fully saturated rings. The van der Waals surface area contributed by atoms with Gasteiger partial charge in [-0.05, 0) is 60.9 Å². The van der Waals surface area contributed by atoms with Gasteiger partial charge in [-0.15, -0.1) is 0 Å². The normalized spacial score (nSPS) is 17.4. The van der Waals surface area contributed by atoms with Crippen molar-refractivity contribution in [3.05, 3.63) is 90.0 Å². The number of rotatable bonds is 5. The number of piperidine rings is 1. The van der Waals surface area contributed by atoms with Gasteiger partial charge in [0, 0.05) is 42.5 Å². The van der Waals surface area contributed by atoms with E-state index in [-0.39, 0.29) is 17.6 Å². The van der Waals surface area contributed by atoms with Crippen molar-refractivity contribution in [1.29, 1.82) is 0 Å². The Hall–Kier alpha value is -4.07. The largest absolute Gasteiger partial charge is 0.457 e. The standard InChI is InChI=1S/C26H26FN5O2/c1-2-24(33)31-12-4-5-17(15-31)23-16-32(25-22(23)14-29-30-26(25)28)19-8-10-20(11-9-19)34-21-7-3-6-18(27)13-21/h2-3,6-11,13,16-17,29H,1,4-5,12,14-15H2,(H2,28,30)/t17-/m1/s1. The Kier molecular flexibility index (Phi) is 5.79. The van der Waals surface area contributed by atoms with Crippen LogP contribution in [0.1, 0.15) is 35.6 Å². The molecule has 174 valence electrons. The minimum absolute atomic E-state index is 0.0360. The highest BCUT2D eigenvalue weighted by Gasteiger charge is 2.30. The van der Waals surface area contributed by atoms with Crippen LogP contribution in [0.3, 0.4) is 0 Å². The minimum Gasteiger partial charge on any atom is -0.457 e. The second-order valence-corrected chi connectivity index (χ2v) is 8.49. The molecule has 8 heteroatoms. The molecule has 34 heavy (non-hydrogen) atoms. The zero-order valence-corrected chi connectivity index (χ0v) is 18.7. The summed E-state index contributed by atoms with van der Waals surface area (Å²) in [5.41, 5.74) is 13.4. The second kappa shape index (κ2) is 9.05. The van der Waals surface area contributed by atoms with E-state index < -0.39 is 0 Å². The summed E-state index contributed by atoms with van der Waals surface area (Å²) in [6.45, 7) is 5.60.